The van der Waals surface area contributed by atoms with E-state index in [0.29, 0.717) is 58.3 Å². The van der Waals surface area contributed by atoms with E-state index in [1.807, 2.05) is 24.3 Å². The molecule has 3 fully saturated rings. The average Bonchev–Trinajstić information content (AvgIpc) is 3.51. The summed E-state index contributed by atoms with van der Waals surface area (Å²) in [5.74, 6) is -3.47. The molecule has 15 nitrogen and oxygen atoms in total. The molecule has 15 heteroatoms. The Balaban J connectivity index is 0.899. The van der Waals surface area contributed by atoms with E-state index in [-0.39, 0.29) is 55.0 Å². The van der Waals surface area contributed by atoms with Gasteiger partial charge in [0, 0.05) is 57.4 Å². The van der Waals surface area contributed by atoms with Crippen molar-refractivity contribution in [1.82, 2.24) is 25.4 Å². The predicted octanol–water partition coefficient (Wildman–Crippen LogP) is 3.17. The topological polar surface area (TPSA) is 194 Å². The molecule has 2 saturated carbocycles. The minimum Gasteiger partial charge on any atom is -0.480 e. The van der Waals surface area contributed by atoms with E-state index in [1.165, 1.54) is 0 Å². The van der Waals surface area contributed by atoms with E-state index in [2.05, 4.69) is 15.6 Å². The van der Waals surface area contributed by atoms with E-state index in [0.717, 1.165) is 41.7 Å². The number of nitrogens with zero attached hydrogens (tertiary/aromatic N) is 3. The zero-order chi connectivity index (χ0) is 39.9. The van der Waals surface area contributed by atoms with Crippen LogP contribution in [0, 0.1) is 11.8 Å². The second-order valence-corrected chi connectivity index (χ2v) is 14.9. The van der Waals surface area contributed by atoms with Crippen LogP contribution in [0.3, 0.4) is 0 Å². The molecule has 3 N–H and O–H groups in total. The first-order valence-corrected chi connectivity index (χ1v) is 19.7. The maximum atomic E-state index is 13.2. The van der Waals surface area contributed by atoms with Gasteiger partial charge in [-0.05, 0) is 75.0 Å². The Kier molecular flexibility index (Phi) is 16.2. The summed E-state index contributed by atoms with van der Waals surface area (Å²) < 4.78 is 17.4. The Morgan fingerprint density at radius 1 is 0.893 bits per heavy atom. The van der Waals surface area contributed by atoms with Crippen molar-refractivity contribution in [2.24, 2.45) is 11.8 Å². The monoisotopic (exact) mass is 777 g/mol. The SMILES string of the molecule is CN1C(=O)C[C@H](C(=O)NCCOC2CCC(OCCCC(=O)NC3CCC(C(=O)N(CC(=O)O)CC(=O)OCc4ccccc4)CC3)CC2)[C@H]1c1cccnc1. The van der Waals surface area contributed by atoms with Crippen LogP contribution < -0.4 is 10.6 Å². The largest absolute Gasteiger partial charge is 0.480 e. The highest BCUT2D eigenvalue weighted by Gasteiger charge is 2.42. The van der Waals surface area contributed by atoms with Crippen LogP contribution in [-0.2, 0) is 49.6 Å². The van der Waals surface area contributed by atoms with Gasteiger partial charge in [0.2, 0.25) is 23.6 Å². The highest BCUT2D eigenvalue weighted by Crippen LogP contribution is 2.36. The van der Waals surface area contributed by atoms with Crippen molar-refractivity contribution in [3.63, 3.8) is 0 Å². The van der Waals surface area contributed by atoms with Crippen molar-refractivity contribution < 1.29 is 48.1 Å². The van der Waals surface area contributed by atoms with Gasteiger partial charge in [-0.3, -0.25) is 33.8 Å². The molecule has 0 bridgehead atoms. The number of rotatable bonds is 19. The Morgan fingerprint density at radius 3 is 2.25 bits per heavy atom. The van der Waals surface area contributed by atoms with Crippen LogP contribution in [0.25, 0.3) is 0 Å². The van der Waals surface area contributed by atoms with Gasteiger partial charge in [-0.2, -0.15) is 0 Å². The quantitative estimate of drug-likeness (QED) is 0.140. The number of hydrogen-bond acceptors (Lipinski definition) is 10. The molecule has 56 heavy (non-hydrogen) atoms. The maximum absolute atomic E-state index is 13.2. The summed E-state index contributed by atoms with van der Waals surface area (Å²) >= 11 is 0. The van der Waals surface area contributed by atoms with E-state index >= 15 is 0 Å². The number of amides is 4. The second kappa shape index (κ2) is 21.4. The predicted molar refractivity (Wildman–Crippen MR) is 202 cm³/mol. The molecule has 1 saturated heterocycles. The lowest BCUT2D eigenvalue weighted by Gasteiger charge is -2.31. The number of likely N-dealkylation sites (tertiary alicyclic amines) is 1. The number of aromatic nitrogens is 1. The summed E-state index contributed by atoms with van der Waals surface area (Å²) in [6.45, 7) is 0.236. The first-order valence-electron chi connectivity index (χ1n) is 19.7. The Labute approximate surface area is 327 Å². The van der Waals surface area contributed by atoms with Crippen LogP contribution in [0.2, 0.25) is 0 Å². The van der Waals surface area contributed by atoms with Gasteiger partial charge in [0.1, 0.15) is 19.7 Å². The zero-order valence-electron chi connectivity index (χ0n) is 32.1. The van der Waals surface area contributed by atoms with E-state index in [9.17, 15) is 33.9 Å². The summed E-state index contributed by atoms with van der Waals surface area (Å²) in [5, 5.41) is 15.4. The fraction of sp³-hybridized carbons (Fsp3) is 0.585. The third-order valence-corrected chi connectivity index (χ3v) is 10.9. The number of carbonyl (C=O) groups excluding carboxylic acids is 5. The molecule has 0 radical (unpaired) electrons. The number of benzene rings is 1. The molecule has 1 aromatic carbocycles. The van der Waals surface area contributed by atoms with E-state index < -0.39 is 42.8 Å². The Hall–Kier alpha value is -4.89. The molecule has 5 rings (SSSR count). The fourth-order valence-corrected chi connectivity index (χ4v) is 7.85. The lowest BCUT2D eigenvalue weighted by molar-refractivity contribution is -0.155. The molecule has 0 unspecified atom stereocenters. The molecular formula is C41H55N5O10. The van der Waals surface area contributed by atoms with Gasteiger partial charge in [0.05, 0.1) is 30.8 Å². The molecule has 2 atom stereocenters. The van der Waals surface area contributed by atoms with Gasteiger partial charge in [-0.1, -0.05) is 36.4 Å². The number of pyridine rings is 1. The van der Waals surface area contributed by atoms with Gasteiger partial charge >= 0.3 is 11.9 Å². The number of carboxylic acid groups (broad SMARTS) is 1. The summed E-state index contributed by atoms with van der Waals surface area (Å²) in [4.78, 5) is 81.9. The number of hydrogen-bond donors (Lipinski definition) is 3. The highest BCUT2D eigenvalue weighted by molar-refractivity contribution is 5.90. The van der Waals surface area contributed by atoms with Gasteiger partial charge in [0.15, 0.2) is 0 Å². The summed E-state index contributed by atoms with van der Waals surface area (Å²) in [5.41, 5.74) is 1.63. The van der Waals surface area contributed by atoms with Crippen molar-refractivity contribution in [2.45, 2.75) is 102 Å². The number of aliphatic carboxylic acids is 1. The number of ether oxygens (including phenoxy) is 3. The first-order chi connectivity index (χ1) is 27.1. The van der Waals surface area contributed by atoms with Crippen LogP contribution in [0.5, 0.6) is 0 Å². The molecule has 2 heterocycles. The normalized spacial score (nSPS) is 23.6. The number of esters is 1. The Bertz CT molecular complexity index is 1610. The van der Waals surface area contributed by atoms with Crippen LogP contribution >= 0.6 is 0 Å². The van der Waals surface area contributed by atoms with Gasteiger partial charge in [-0.25, -0.2) is 0 Å². The number of carbonyl (C=O) groups is 6. The lowest BCUT2D eigenvalue weighted by Crippen LogP contribution is -2.45. The summed E-state index contributed by atoms with van der Waals surface area (Å²) in [7, 11) is 1.72. The van der Waals surface area contributed by atoms with Gasteiger partial charge < -0.3 is 39.8 Å². The molecule has 1 aliphatic heterocycles. The average molecular weight is 778 g/mol. The summed E-state index contributed by atoms with van der Waals surface area (Å²) in [6.07, 6.45) is 10.2. The number of nitrogens with one attached hydrogen (secondary N) is 2. The van der Waals surface area contributed by atoms with Gasteiger partial charge in [-0.15, -0.1) is 0 Å². The molecule has 0 spiro atoms. The Morgan fingerprint density at radius 2 is 1.59 bits per heavy atom. The van der Waals surface area contributed by atoms with Crippen molar-refractivity contribution in [3.05, 3.63) is 66.0 Å². The zero-order valence-corrected chi connectivity index (χ0v) is 32.1. The van der Waals surface area contributed by atoms with E-state index in [4.69, 9.17) is 14.2 Å². The first kappa shape index (κ1) is 42.3. The highest BCUT2D eigenvalue weighted by atomic mass is 16.5. The van der Waals surface area contributed by atoms with Gasteiger partial charge in [0.25, 0.3) is 0 Å². The molecule has 4 amide bonds. The molecule has 304 valence electrons. The van der Waals surface area contributed by atoms with Crippen LogP contribution in [0.4, 0.5) is 0 Å². The third kappa shape index (κ3) is 12.8. The van der Waals surface area contributed by atoms with Crippen molar-refractivity contribution in [1.29, 1.82) is 0 Å². The van der Waals surface area contributed by atoms with Crippen LogP contribution in [0.15, 0.2) is 54.9 Å². The maximum Gasteiger partial charge on any atom is 0.325 e. The minimum atomic E-state index is -1.21. The lowest BCUT2D eigenvalue weighted by atomic mass is 9.85. The van der Waals surface area contributed by atoms with Crippen molar-refractivity contribution in [2.75, 3.05) is 39.9 Å². The molecule has 1 aromatic heterocycles. The third-order valence-electron chi connectivity index (χ3n) is 10.9. The molecule has 2 aromatic rings. The molecule has 3 aliphatic rings. The van der Waals surface area contributed by atoms with E-state index in [1.54, 1.807) is 42.5 Å². The van der Waals surface area contributed by atoms with Crippen LogP contribution in [-0.4, -0.2) is 114 Å². The van der Waals surface area contributed by atoms with Crippen molar-refractivity contribution >= 4 is 35.6 Å². The summed E-state index contributed by atoms with van der Waals surface area (Å²) in [6, 6.07) is 12.4. The minimum absolute atomic E-state index is 0.0359. The van der Waals surface area contributed by atoms with Crippen LogP contribution in [0.1, 0.15) is 87.8 Å². The molecular weight excluding hydrogens is 722 g/mol. The number of carboxylic acids is 1. The van der Waals surface area contributed by atoms with Crippen molar-refractivity contribution in [3.8, 4) is 0 Å². The fourth-order valence-electron chi connectivity index (χ4n) is 7.85. The molecule has 2 aliphatic carbocycles. The second-order valence-electron chi connectivity index (χ2n) is 14.9. The smallest absolute Gasteiger partial charge is 0.325 e. The standard InChI is InChI=1S/C41H55N5O10/c1-45-36(48)23-34(39(45)30-9-5-19-42-24-30)40(52)43-20-22-55-33-17-15-32(16-18-33)54-21-6-10-35(47)44-31-13-11-29(12-14-31)41(53)46(25-37(49)50)26-38(51)56-27-28-7-3-2-4-8-28/h2-5,7-9,19,24,29,31-34,39H,6,10-18,20-23,25-27H2,1H3,(H,43,52)(H,44,47)(H,49,50)/t29?,31?,32?,33?,34-,39+/m0/s1.